The number of nitrogens with zero attached hydrogens (tertiary/aromatic N) is 3. The molecule has 2 aromatic carbocycles. The van der Waals surface area contributed by atoms with Crippen molar-refractivity contribution in [3.63, 3.8) is 0 Å². The largest absolute Gasteiger partial charge is 0.292 e. The molecule has 0 spiro atoms. The third-order valence-corrected chi connectivity index (χ3v) is 6.45. The summed E-state index contributed by atoms with van der Waals surface area (Å²) in [7, 11) is 0. The molecule has 0 unspecified atom stereocenters. The van der Waals surface area contributed by atoms with E-state index >= 15 is 0 Å². The average molecular weight is 359 g/mol. The van der Waals surface area contributed by atoms with E-state index in [0.717, 1.165) is 25.1 Å². The fraction of sp³-hybridized carbons (Fsp3) is 0.120. The summed E-state index contributed by atoms with van der Waals surface area (Å²) in [6, 6.07) is 17.7. The zero-order valence-corrected chi connectivity index (χ0v) is 15.3. The van der Waals surface area contributed by atoms with Gasteiger partial charge >= 0.3 is 0 Å². The van der Waals surface area contributed by atoms with Gasteiger partial charge in [-0.05, 0) is 69.1 Å². The van der Waals surface area contributed by atoms with E-state index in [4.69, 9.17) is 4.98 Å². The minimum Gasteiger partial charge on any atom is -0.292 e. The first-order valence-electron chi connectivity index (χ1n) is 9.81. The van der Waals surface area contributed by atoms with Gasteiger partial charge in [-0.25, -0.2) is 4.98 Å². The van der Waals surface area contributed by atoms with Crippen LogP contribution in [0.1, 0.15) is 33.4 Å². The van der Waals surface area contributed by atoms with E-state index in [1.165, 1.54) is 55.9 Å². The lowest BCUT2D eigenvalue weighted by atomic mass is 9.83. The van der Waals surface area contributed by atoms with Crippen LogP contribution in [0.2, 0.25) is 0 Å². The number of benzene rings is 2. The normalized spacial score (nSPS) is 14.6. The monoisotopic (exact) mass is 359 g/mol. The predicted molar refractivity (Wildman–Crippen MR) is 111 cm³/mol. The molecule has 0 N–H and O–H groups in total. The molecule has 132 valence electrons. The number of pyridine rings is 2. The van der Waals surface area contributed by atoms with Crippen molar-refractivity contribution in [2.24, 2.45) is 0 Å². The molecule has 0 saturated carbocycles. The summed E-state index contributed by atoms with van der Waals surface area (Å²) in [5.74, 6) is 1.06. The molecule has 3 aliphatic rings. The molecule has 1 aliphatic carbocycles. The number of anilines is 3. The molecule has 0 radical (unpaired) electrons. The van der Waals surface area contributed by atoms with Crippen LogP contribution in [0, 0.1) is 0 Å². The summed E-state index contributed by atoms with van der Waals surface area (Å²) in [6.45, 7) is 0. The molecule has 0 fully saturated rings. The van der Waals surface area contributed by atoms with Gasteiger partial charge in [-0.2, -0.15) is 0 Å². The Morgan fingerprint density at radius 2 is 1.61 bits per heavy atom. The highest BCUT2D eigenvalue weighted by Crippen LogP contribution is 2.53. The predicted octanol–water partition coefficient (Wildman–Crippen LogP) is 5.33. The quantitative estimate of drug-likeness (QED) is 0.367. The number of fused-ring (bicyclic) bond motifs is 8. The topological polar surface area (TPSA) is 29.0 Å². The van der Waals surface area contributed by atoms with Gasteiger partial charge in [0.25, 0.3) is 0 Å². The van der Waals surface area contributed by atoms with Crippen LogP contribution in [-0.4, -0.2) is 9.97 Å². The smallest absolute Gasteiger partial charge is 0.141 e. The maximum Gasteiger partial charge on any atom is 0.141 e. The van der Waals surface area contributed by atoms with Gasteiger partial charge in [0.1, 0.15) is 5.82 Å². The molecule has 4 heterocycles. The number of aromatic nitrogens is 2. The van der Waals surface area contributed by atoms with Gasteiger partial charge in [-0.1, -0.05) is 30.3 Å². The Morgan fingerprint density at radius 3 is 2.61 bits per heavy atom. The van der Waals surface area contributed by atoms with E-state index in [1.807, 2.05) is 24.7 Å². The van der Waals surface area contributed by atoms with Crippen LogP contribution in [0.5, 0.6) is 0 Å². The number of hydrogen-bond donors (Lipinski definition) is 0. The molecular formula is C25H17N3. The molecule has 0 amide bonds. The van der Waals surface area contributed by atoms with E-state index < -0.39 is 0 Å². The molecular weight excluding hydrogens is 342 g/mol. The summed E-state index contributed by atoms with van der Waals surface area (Å²) in [5.41, 5.74) is 13.8. The SMILES string of the molecule is c1ccc2c(c1)Cc1c-2cc2c3c1Cc1ccncc1N3c1ncccc1C2. The van der Waals surface area contributed by atoms with E-state index in [9.17, 15) is 0 Å². The lowest BCUT2D eigenvalue weighted by molar-refractivity contribution is 0.962. The minimum atomic E-state index is 0.938. The molecule has 0 atom stereocenters. The van der Waals surface area contributed by atoms with Crippen LogP contribution in [0.25, 0.3) is 11.1 Å². The van der Waals surface area contributed by atoms with E-state index in [1.54, 1.807) is 0 Å². The lowest BCUT2D eigenvalue weighted by Crippen LogP contribution is -2.26. The first-order valence-corrected chi connectivity index (χ1v) is 9.81. The van der Waals surface area contributed by atoms with E-state index in [2.05, 4.69) is 52.3 Å². The van der Waals surface area contributed by atoms with E-state index in [-0.39, 0.29) is 0 Å². The summed E-state index contributed by atoms with van der Waals surface area (Å²) in [4.78, 5) is 11.6. The maximum absolute atomic E-state index is 4.78. The second-order valence-corrected chi connectivity index (χ2v) is 7.90. The molecule has 7 rings (SSSR count). The van der Waals surface area contributed by atoms with Crippen molar-refractivity contribution in [3.05, 3.63) is 101 Å². The van der Waals surface area contributed by atoms with Crippen molar-refractivity contribution in [2.45, 2.75) is 19.3 Å². The molecule has 4 aromatic rings. The van der Waals surface area contributed by atoms with E-state index in [0.29, 0.717) is 0 Å². The van der Waals surface area contributed by atoms with Crippen LogP contribution < -0.4 is 4.90 Å². The third kappa shape index (κ3) is 1.74. The maximum atomic E-state index is 4.78. The molecule has 28 heavy (non-hydrogen) atoms. The highest BCUT2D eigenvalue weighted by atomic mass is 15.2. The minimum absolute atomic E-state index is 0.938. The Labute approximate surface area is 163 Å². The first kappa shape index (κ1) is 14.6. The van der Waals surface area contributed by atoms with Crippen molar-refractivity contribution in [1.82, 2.24) is 9.97 Å². The third-order valence-electron chi connectivity index (χ3n) is 6.45. The van der Waals surface area contributed by atoms with Gasteiger partial charge in [-0.15, -0.1) is 0 Å². The van der Waals surface area contributed by atoms with Crippen molar-refractivity contribution in [3.8, 4) is 11.1 Å². The summed E-state index contributed by atoms with van der Waals surface area (Å²) < 4.78 is 0. The standard InChI is InChI=1S/C25H17N3/c1-2-6-19-15(4-1)11-21-20(19)13-18-10-17-5-3-8-27-25(17)28-23-14-26-9-7-16(23)12-22(21)24(18)28/h1-9,13-14H,10-12H2. The van der Waals surface area contributed by atoms with Crippen molar-refractivity contribution >= 4 is 17.2 Å². The zero-order valence-electron chi connectivity index (χ0n) is 15.3. The molecule has 2 aliphatic heterocycles. The molecule has 3 heteroatoms. The Balaban J connectivity index is 1.58. The van der Waals surface area contributed by atoms with Crippen LogP contribution in [-0.2, 0) is 19.3 Å². The van der Waals surface area contributed by atoms with Crippen LogP contribution in [0.4, 0.5) is 17.2 Å². The van der Waals surface area contributed by atoms with Crippen molar-refractivity contribution in [2.75, 3.05) is 4.90 Å². The lowest BCUT2D eigenvalue weighted by Gasteiger charge is -2.39. The van der Waals surface area contributed by atoms with Gasteiger partial charge in [0, 0.05) is 25.2 Å². The average Bonchev–Trinajstić information content (AvgIpc) is 3.12. The van der Waals surface area contributed by atoms with Crippen molar-refractivity contribution < 1.29 is 0 Å². The molecule has 2 aromatic heterocycles. The Morgan fingerprint density at radius 1 is 0.714 bits per heavy atom. The fourth-order valence-electron chi connectivity index (χ4n) is 5.27. The molecule has 0 bridgehead atoms. The second-order valence-electron chi connectivity index (χ2n) is 7.90. The van der Waals surface area contributed by atoms with Crippen molar-refractivity contribution in [1.29, 1.82) is 0 Å². The van der Waals surface area contributed by atoms with Gasteiger partial charge in [0.05, 0.1) is 17.6 Å². The Hall–Kier alpha value is -3.46. The Bertz CT molecular complexity index is 1290. The first-order chi connectivity index (χ1) is 13.9. The van der Waals surface area contributed by atoms with Crippen LogP contribution >= 0.6 is 0 Å². The van der Waals surface area contributed by atoms with Crippen LogP contribution in [0.3, 0.4) is 0 Å². The van der Waals surface area contributed by atoms with Gasteiger partial charge < -0.3 is 0 Å². The van der Waals surface area contributed by atoms with Gasteiger partial charge in [-0.3, -0.25) is 9.88 Å². The van der Waals surface area contributed by atoms with Crippen LogP contribution in [0.15, 0.2) is 67.1 Å². The summed E-state index contributed by atoms with van der Waals surface area (Å²) in [6.07, 6.45) is 8.73. The summed E-state index contributed by atoms with van der Waals surface area (Å²) >= 11 is 0. The number of hydrogen-bond acceptors (Lipinski definition) is 3. The zero-order chi connectivity index (χ0) is 18.2. The van der Waals surface area contributed by atoms with Gasteiger partial charge in [0.15, 0.2) is 0 Å². The Kier molecular flexibility index (Phi) is 2.64. The fourth-order valence-corrected chi connectivity index (χ4v) is 5.27. The van der Waals surface area contributed by atoms with Gasteiger partial charge in [0.2, 0.25) is 0 Å². The highest BCUT2D eigenvalue weighted by Gasteiger charge is 2.36. The second kappa shape index (κ2) is 5.08. The highest BCUT2D eigenvalue weighted by molar-refractivity contribution is 5.92. The molecule has 3 nitrogen and oxygen atoms in total. The summed E-state index contributed by atoms with van der Waals surface area (Å²) in [5, 5.41) is 0. The number of rotatable bonds is 0. The molecule has 0 saturated heterocycles.